The van der Waals surface area contributed by atoms with Crippen LogP contribution in [-0.2, 0) is 14.6 Å². The molecule has 7 heteroatoms. The van der Waals surface area contributed by atoms with E-state index in [4.69, 9.17) is 16.3 Å². The Hall–Kier alpha value is -1.27. The van der Waals surface area contributed by atoms with Gasteiger partial charge in [-0.2, -0.15) is 0 Å². The molecule has 1 aromatic carbocycles. The van der Waals surface area contributed by atoms with Gasteiger partial charge in [-0.1, -0.05) is 17.7 Å². The first-order valence-corrected chi connectivity index (χ1v) is 9.42. The summed E-state index contributed by atoms with van der Waals surface area (Å²) in [4.78, 5) is 13.9. The summed E-state index contributed by atoms with van der Waals surface area (Å²) in [6.45, 7) is 2.82. The molecule has 2 saturated heterocycles. The van der Waals surface area contributed by atoms with Crippen molar-refractivity contribution in [3.8, 4) is 5.75 Å². The second kappa shape index (κ2) is 5.74. The van der Waals surface area contributed by atoms with Crippen molar-refractivity contribution in [1.29, 1.82) is 0 Å². The first kappa shape index (κ1) is 15.6. The fourth-order valence-corrected chi connectivity index (χ4v) is 5.58. The van der Waals surface area contributed by atoms with E-state index in [1.54, 1.807) is 23.1 Å². The van der Waals surface area contributed by atoms with Gasteiger partial charge in [-0.15, -0.1) is 0 Å². The molecule has 3 rings (SSSR count). The van der Waals surface area contributed by atoms with Crippen LogP contribution in [0.5, 0.6) is 5.75 Å². The number of ether oxygens (including phenoxy) is 1. The minimum atomic E-state index is -2.90. The molecule has 0 N–H and O–H groups in total. The maximum absolute atomic E-state index is 12.2. The molecule has 2 heterocycles. The van der Waals surface area contributed by atoms with E-state index in [0.717, 1.165) is 5.56 Å². The predicted octanol–water partition coefficient (Wildman–Crippen LogP) is 1.53. The number of hydrogen-bond acceptors (Lipinski definition) is 4. The van der Waals surface area contributed by atoms with E-state index in [-0.39, 0.29) is 35.9 Å². The molecule has 0 unspecified atom stereocenters. The molecular weight excluding hydrogens is 326 g/mol. The smallest absolute Gasteiger partial charge is 0.260 e. The largest absolute Gasteiger partial charge is 0.483 e. The number of sulfone groups is 1. The predicted molar refractivity (Wildman–Crippen MR) is 83.9 cm³/mol. The Morgan fingerprint density at radius 2 is 1.95 bits per heavy atom. The Kier molecular flexibility index (Phi) is 4.07. The van der Waals surface area contributed by atoms with Crippen LogP contribution in [0, 0.1) is 18.8 Å². The minimum absolute atomic E-state index is 0.0482. The number of nitrogens with zero attached hydrogens (tertiary/aromatic N) is 1. The van der Waals surface area contributed by atoms with Crippen molar-refractivity contribution in [3.63, 3.8) is 0 Å². The van der Waals surface area contributed by atoms with Crippen molar-refractivity contribution in [3.05, 3.63) is 28.8 Å². The Morgan fingerprint density at radius 3 is 2.59 bits per heavy atom. The molecule has 0 bridgehead atoms. The molecule has 2 aliphatic heterocycles. The molecule has 1 aromatic rings. The van der Waals surface area contributed by atoms with E-state index in [2.05, 4.69) is 0 Å². The van der Waals surface area contributed by atoms with Crippen LogP contribution >= 0.6 is 11.6 Å². The highest BCUT2D eigenvalue weighted by Gasteiger charge is 2.44. The summed E-state index contributed by atoms with van der Waals surface area (Å²) in [7, 11) is -2.90. The summed E-state index contributed by atoms with van der Waals surface area (Å²) in [6, 6.07) is 5.33. The molecule has 0 aliphatic carbocycles. The molecule has 22 heavy (non-hydrogen) atoms. The molecule has 5 nitrogen and oxygen atoms in total. The van der Waals surface area contributed by atoms with Crippen LogP contribution in [0.2, 0.25) is 5.02 Å². The van der Waals surface area contributed by atoms with Gasteiger partial charge >= 0.3 is 0 Å². The van der Waals surface area contributed by atoms with E-state index < -0.39 is 9.84 Å². The number of fused-ring (bicyclic) bond motifs is 1. The van der Waals surface area contributed by atoms with Crippen molar-refractivity contribution in [2.45, 2.75) is 6.92 Å². The number of amides is 1. The zero-order valence-corrected chi connectivity index (χ0v) is 13.9. The quantitative estimate of drug-likeness (QED) is 0.835. The molecule has 0 spiro atoms. The van der Waals surface area contributed by atoms with Gasteiger partial charge in [0.2, 0.25) is 0 Å². The Labute approximate surface area is 135 Å². The second-order valence-corrected chi connectivity index (χ2v) is 8.61. The standard InChI is InChI=1S/C15H18ClNO4S/c1-10-13(16)3-2-4-14(10)21-7-15(18)17-5-11-8-22(19,20)9-12(11)6-17/h2-4,11-12H,5-9H2,1H3/t11-,12+. The van der Waals surface area contributed by atoms with E-state index in [0.29, 0.717) is 23.9 Å². The topological polar surface area (TPSA) is 63.7 Å². The van der Waals surface area contributed by atoms with Crippen LogP contribution in [0.4, 0.5) is 0 Å². The highest BCUT2D eigenvalue weighted by Crippen LogP contribution is 2.32. The summed E-state index contributed by atoms with van der Waals surface area (Å²) < 4.78 is 28.7. The summed E-state index contributed by atoms with van der Waals surface area (Å²) in [5, 5.41) is 0.603. The average Bonchev–Trinajstić information content (AvgIpc) is 2.93. The molecule has 0 radical (unpaired) electrons. The molecule has 1 amide bonds. The van der Waals surface area contributed by atoms with Gasteiger partial charge in [0.05, 0.1) is 11.5 Å². The fraction of sp³-hybridized carbons (Fsp3) is 0.533. The molecule has 120 valence electrons. The average molecular weight is 344 g/mol. The third-order valence-electron chi connectivity index (χ3n) is 4.43. The highest BCUT2D eigenvalue weighted by atomic mass is 35.5. The number of hydrogen-bond donors (Lipinski definition) is 0. The lowest BCUT2D eigenvalue weighted by Crippen LogP contribution is -2.34. The summed E-state index contributed by atoms with van der Waals surface area (Å²) in [5.74, 6) is 1.07. The number of rotatable bonds is 3. The van der Waals surface area contributed by atoms with Crippen molar-refractivity contribution < 1.29 is 17.9 Å². The summed E-state index contributed by atoms with van der Waals surface area (Å²) in [5.41, 5.74) is 0.807. The lowest BCUT2D eigenvalue weighted by molar-refractivity contribution is -0.132. The van der Waals surface area contributed by atoms with Crippen LogP contribution in [-0.4, -0.2) is 50.4 Å². The molecule has 2 fully saturated rings. The lowest BCUT2D eigenvalue weighted by Gasteiger charge is -2.18. The first-order valence-electron chi connectivity index (χ1n) is 7.22. The number of carbonyl (C=O) groups is 1. The zero-order chi connectivity index (χ0) is 15.9. The number of likely N-dealkylation sites (tertiary alicyclic amines) is 1. The van der Waals surface area contributed by atoms with Crippen LogP contribution in [0.15, 0.2) is 18.2 Å². The first-order chi connectivity index (χ1) is 10.4. The third kappa shape index (κ3) is 3.08. The van der Waals surface area contributed by atoms with Crippen molar-refractivity contribution in [2.24, 2.45) is 11.8 Å². The van der Waals surface area contributed by atoms with Crippen molar-refractivity contribution >= 4 is 27.3 Å². The van der Waals surface area contributed by atoms with E-state index in [1.165, 1.54) is 0 Å². The Morgan fingerprint density at radius 1 is 1.32 bits per heavy atom. The van der Waals surface area contributed by atoms with Gasteiger partial charge < -0.3 is 9.64 Å². The molecule has 2 aliphatic rings. The van der Waals surface area contributed by atoms with Crippen LogP contribution in [0.25, 0.3) is 0 Å². The van der Waals surface area contributed by atoms with Crippen LogP contribution < -0.4 is 4.74 Å². The minimum Gasteiger partial charge on any atom is -0.483 e. The molecule has 0 saturated carbocycles. The van der Waals surface area contributed by atoms with Gasteiger partial charge in [0, 0.05) is 23.7 Å². The maximum Gasteiger partial charge on any atom is 0.260 e. The zero-order valence-electron chi connectivity index (χ0n) is 12.3. The number of halogens is 1. The van der Waals surface area contributed by atoms with Gasteiger partial charge in [0.15, 0.2) is 16.4 Å². The molecule has 0 aromatic heterocycles. The SMILES string of the molecule is Cc1c(Cl)cccc1OCC(=O)N1C[C@@H]2CS(=O)(=O)C[C@@H]2C1. The number of carbonyl (C=O) groups excluding carboxylic acids is 1. The Bertz CT molecular complexity index is 683. The lowest BCUT2D eigenvalue weighted by atomic mass is 10.0. The van der Waals surface area contributed by atoms with E-state index >= 15 is 0 Å². The highest BCUT2D eigenvalue weighted by molar-refractivity contribution is 7.91. The molecule has 2 atom stereocenters. The van der Waals surface area contributed by atoms with E-state index in [1.807, 2.05) is 6.92 Å². The fourth-order valence-electron chi connectivity index (χ4n) is 3.22. The van der Waals surface area contributed by atoms with Gasteiger partial charge in [0.1, 0.15) is 5.75 Å². The summed E-state index contributed by atoms with van der Waals surface area (Å²) >= 11 is 6.02. The normalized spacial score (nSPS) is 26.0. The van der Waals surface area contributed by atoms with Gasteiger partial charge in [-0.3, -0.25) is 4.79 Å². The van der Waals surface area contributed by atoms with Crippen LogP contribution in [0.1, 0.15) is 5.56 Å². The van der Waals surface area contributed by atoms with Gasteiger partial charge in [-0.25, -0.2) is 8.42 Å². The Balaban J connectivity index is 1.57. The van der Waals surface area contributed by atoms with Crippen molar-refractivity contribution in [2.75, 3.05) is 31.2 Å². The van der Waals surface area contributed by atoms with Crippen LogP contribution in [0.3, 0.4) is 0 Å². The van der Waals surface area contributed by atoms with Gasteiger partial charge in [0.25, 0.3) is 5.91 Å². The monoisotopic (exact) mass is 343 g/mol. The molecular formula is C15H18ClNO4S. The van der Waals surface area contributed by atoms with E-state index in [9.17, 15) is 13.2 Å². The third-order valence-corrected chi connectivity index (χ3v) is 6.72. The summed E-state index contributed by atoms with van der Waals surface area (Å²) in [6.07, 6.45) is 0. The second-order valence-electron chi connectivity index (χ2n) is 6.05. The van der Waals surface area contributed by atoms with Crippen molar-refractivity contribution in [1.82, 2.24) is 4.90 Å². The maximum atomic E-state index is 12.2. The number of benzene rings is 1. The van der Waals surface area contributed by atoms with Gasteiger partial charge in [-0.05, 0) is 30.9 Å².